The number of aromatic nitrogens is 2. The van der Waals surface area contributed by atoms with Crippen LogP contribution in [0.4, 0.5) is 0 Å². The van der Waals surface area contributed by atoms with Gasteiger partial charge in [-0.1, -0.05) is 24.3 Å². The number of likely N-dealkylation sites (N-methyl/N-ethyl adjacent to an activating group) is 1. The quantitative estimate of drug-likeness (QED) is 0.455. The Morgan fingerprint density at radius 1 is 1.12 bits per heavy atom. The smallest absolute Gasteiger partial charge is 0.328 e. The number of carbonyl (C=O) groups excluding carboxylic acids is 4. The lowest BCUT2D eigenvalue weighted by molar-refractivity contribution is -0.144. The lowest BCUT2D eigenvalue weighted by Crippen LogP contribution is -2.42. The number of ether oxygens (including phenoxy) is 1. The Morgan fingerprint density at radius 2 is 1.85 bits per heavy atom. The summed E-state index contributed by atoms with van der Waals surface area (Å²) in [5.74, 6) is -1.38. The fourth-order valence-electron chi connectivity index (χ4n) is 4.04. The highest BCUT2D eigenvalue weighted by atomic mass is 16.5. The van der Waals surface area contributed by atoms with E-state index in [-0.39, 0.29) is 12.0 Å². The number of nitrogens with zero attached hydrogens (tertiary/aromatic N) is 3. The molecule has 0 saturated heterocycles. The molecule has 168 valence electrons. The molecule has 0 saturated carbocycles. The Morgan fingerprint density at radius 3 is 2.45 bits per heavy atom. The fraction of sp³-hybridized carbons (Fsp3) is 0.208. The summed E-state index contributed by atoms with van der Waals surface area (Å²) in [6.45, 7) is 1.31. The van der Waals surface area contributed by atoms with Crippen LogP contribution in [0.25, 0.3) is 22.3 Å². The van der Waals surface area contributed by atoms with Crippen molar-refractivity contribution in [2.45, 2.75) is 19.4 Å². The second kappa shape index (κ2) is 8.70. The van der Waals surface area contributed by atoms with Gasteiger partial charge in [0, 0.05) is 38.1 Å². The number of rotatable bonds is 6. The maximum absolute atomic E-state index is 13.0. The van der Waals surface area contributed by atoms with Crippen LogP contribution in [-0.4, -0.2) is 58.3 Å². The van der Waals surface area contributed by atoms with Gasteiger partial charge in [0.2, 0.25) is 5.91 Å². The summed E-state index contributed by atoms with van der Waals surface area (Å²) in [5, 5.41) is 3.38. The summed E-state index contributed by atoms with van der Waals surface area (Å²) >= 11 is 0. The molecule has 3 aromatic rings. The van der Waals surface area contributed by atoms with Crippen LogP contribution in [0, 0.1) is 0 Å². The van der Waals surface area contributed by atoms with E-state index < -0.39 is 29.7 Å². The first-order chi connectivity index (χ1) is 15.8. The first-order valence-corrected chi connectivity index (χ1v) is 10.3. The monoisotopic (exact) mass is 446 g/mol. The van der Waals surface area contributed by atoms with E-state index in [9.17, 15) is 19.2 Å². The highest BCUT2D eigenvalue weighted by Crippen LogP contribution is 2.36. The van der Waals surface area contributed by atoms with Gasteiger partial charge in [-0.05, 0) is 23.8 Å². The van der Waals surface area contributed by atoms with Crippen LogP contribution >= 0.6 is 0 Å². The van der Waals surface area contributed by atoms with Crippen LogP contribution in [0.2, 0.25) is 0 Å². The van der Waals surface area contributed by atoms with Crippen LogP contribution in [0.15, 0.2) is 54.7 Å². The molecule has 1 aromatic carbocycles. The number of methoxy groups -OCH3 is 1. The van der Waals surface area contributed by atoms with Crippen molar-refractivity contribution in [3.05, 3.63) is 66.0 Å². The minimum Gasteiger partial charge on any atom is -0.467 e. The third-order valence-corrected chi connectivity index (χ3v) is 5.52. The number of imide groups is 1. The lowest BCUT2D eigenvalue weighted by Gasteiger charge is -2.17. The lowest BCUT2D eigenvalue weighted by atomic mass is 9.98. The molecule has 0 unspecified atom stereocenters. The molecule has 1 N–H and O–H groups in total. The molecule has 0 aliphatic carbocycles. The topological polar surface area (TPSA) is 111 Å². The molecule has 1 aliphatic heterocycles. The Hall–Kier alpha value is -4.27. The van der Waals surface area contributed by atoms with E-state index in [2.05, 4.69) is 10.3 Å². The number of nitrogens with one attached hydrogen (secondary N) is 1. The van der Waals surface area contributed by atoms with Gasteiger partial charge in [0.15, 0.2) is 0 Å². The number of benzene rings is 1. The number of para-hydroxylation sites is 1. The van der Waals surface area contributed by atoms with Crippen molar-refractivity contribution < 1.29 is 23.9 Å². The molecule has 1 aliphatic rings. The predicted molar refractivity (Wildman–Crippen MR) is 120 cm³/mol. The van der Waals surface area contributed by atoms with E-state index >= 15 is 0 Å². The Bertz CT molecular complexity index is 1310. The van der Waals surface area contributed by atoms with Crippen molar-refractivity contribution in [2.24, 2.45) is 0 Å². The second-order valence-electron chi connectivity index (χ2n) is 7.61. The zero-order valence-electron chi connectivity index (χ0n) is 18.4. The Kier molecular flexibility index (Phi) is 5.78. The number of carbonyl (C=O) groups is 4. The number of amides is 3. The van der Waals surface area contributed by atoms with Crippen molar-refractivity contribution in [3.8, 4) is 5.82 Å². The van der Waals surface area contributed by atoms with E-state index in [0.29, 0.717) is 17.1 Å². The third kappa shape index (κ3) is 3.89. The average Bonchev–Trinajstić information content (AvgIpc) is 3.27. The molecule has 4 rings (SSSR count). The molecule has 3 amide bonds. The maximum Gasteiger partial charge on any atom is 0.328 e. The second-order valence-corrected chi connectivity index (χ2v) is 7.61. The third-order valence-electron chi connectivity index (χ3n) is 5.52. The summed E-state index contributed by atoms with van der Waals surface area (Å²) in [6, 6.07) is 11.8. The van der Waals surface area contributed by atoms with Crippen molar-refractivity contribution in [1.82, 2.24) is 19.8 Å². The van der Waals surface area contributed by atoms with Crippen LogP contribution in [0.5, 0.6) is 0 Å². The van der Waals surface area contributed by atoms with Gasteiger partial charge in [-0.3, -0.25) is 23.9 Å². The maximum atomic E-state index is 13.0. The molecule has 0 bridgehead atoms. The summed E-state index contributed by atoms with van der Waals surface area (Å²) in [4.78, 5) is 55.1. The number of esters is 1. The van der Waals surface area contributed by atoms with Gasteiger partial charge in [-0.15, -0.1) is 0 Å². The van der Waals surface area contributed by atoms with E-state index in [0.717, 1.165) is 15.8 Å². The van der Waals surface area contributed by atoms with Crippen molar-refractivity contribution in [3.63, 3.8) is 0 Å². The van der Waals surface area contributed by atoms with Gasteiger partial charge < -0.3 is 10.1 Å². The molecule has 9 nitrogen and oxygen atoms in total. The van der Waals surface area contributed by atoms with Gasteiger partial charge >= 0.3 is 5.97 Å². The molecule has 9 heteroatoms. The Labute approximate surface area is 189 Å². The number of hydrogen-bond acceptors (Lipinski definition) is 6. The van der Waals surface area contributed by atoms with Gasteiger partial charge in [0.25, 0.3) is 11.8 Å². The zero-order valence-corrected chi connectivity index (χ0v) is 18.4. The molecular formula is C24H22N4O5. The molecule has 33 heavy (non-hydrogen) atoms. The number of hydrogen-bond donors (Lipinski definition) is 1. The molecule has 3 heterocycles. The first-order valence-electron chi connectivity index (χ1n) is 10.3. The number of pyridine rings is 1. The summed E-state index contributed by atoms with van der Waals surface area (Å²) in [5.41, 5.74) is 1.98. The molecule has 2 aromatic heterocycles. The average molecular weight is 446 g/mol. The minimum atomic E-state index is -0.986. The summed E-state index contributed by atoms with van der Waals surface area (Å²) in [7, 11) is 2.65. The Balaban J connectivity index is 2.03. The van der Waals surface area contributed by atoms with Gasteiger partial charge in [-0.25, -0.2) is 9.78 Å². The zero-order chi connectivity index (χ0) is 23.7. The van der Waals surface area contributed by atoms with Gasteiger partial charge in [0.05, 0.1) is 23.9 Å². The van der Waals surface area contributed by atoms with E-state index in [1.54, 1.807) is 22.9 Å². The van der Waals surface area contributed by atoms with Gasteiger partial charge in [-0.2, -0.15) is 0 Å². The minimum absolute atomic E-state index is 0.0461. The van der Waals surface area contributed by atoms with E-state index in [1.165, 1.54) is 27.2 Å². The summed E-state index contributed by atoms with van der Waals surface area (Å²) in [6.07, 6.45) is 2.96. The van der Waals surface area contributed by atoms with E-state index in [1.807, 2.05) is 30.3 Å². The van der Waals surface area contributed by atoms with Gasteiger partial charge in [0.1, 0.15) is 11.9 Å². The van der Waals surface area contributed by atoms with Crippen LogP contribution in [-0.2, 0) is 30.3 Å². The van der Waals surface area contributed by atoms with E-state index in [4.69, 9.17) is 4.74 Å². The largest absolute Gasteiger partial charge is 0.467 e. The number of fused-ring (bicyclic) bond motifs is 1. The molecule has 0 fully saturated rings. The molecule has 1 atom stereocenters. The van der Waals surface area contributed by atoms with Crippen LogP contribution < -0.4 is 5.32 Å². The van der Waals surface area contributed by atoms with Crippen molar-refractivity contribution in [1.29, 1.82) is 0 Å². The van der Waals surface area contributed by atoms with Crippen molar-refractivity contribution in [2.75, 3.05) is 14.2 Å². The normalized spacial score (nSPS) is 14.4. The highest BCUT2D eigenvalue weighted by Gasteiger charge is 2.35. The predicted octanol–water partition coefficient (Wildman–Crippen LogP) is 1.63. The molecule has 0 radical (unpaired) electrons. The SMILES string of the molecule is COC(=O)[C@H](Cc1c(C2=CC(=O)N(C)C2=O)n(-c2ccccn2)c2ccccc12)NC(C)=O. The first kappa shape index (κ1) is 21.9. The fourth-order valence-corrected chi connectivity index (χ4v) is 4.04. The highest BCUT2D eigenvalue weighted by molar-refractivity contribution is 6.33. The van der Waals surface area contributed by atoms with Crippen LogP contribution in [0.1, 0.15) is 18.2 Å². The van der Waals surface area contributed by atoms with Crippen molar-refractivity contribution >= 4 is 40.2 Å². The summed E-state index contributed by atoms with van der Waals surface area (Å²) < 4.78 is 6.69. The molecule has 0 spiro atoms. The van der Waals surface area contributed by atoms with Crippen LogP contribution in [0.3, 0.4) is 0 Å². The standard InChI is InChI=1S/C24H22N4O5/c1-14(29)26-18(24(32)33-3)12-16-15-8-4-5-9-19(15)28(20-10-6-7-11-25-20)22(16)17-13-21(30)27(2)23(17)31/h4-11,13,18H,12H2,1-3H3,(H,26,29)/t18-/m0/s1. The molecular weight excluding hydrogens is 424 g/mol.